The molecule has 1 aromatic rings. The smallest absolute Gasteiger partial charge is 0.0762 e. The third-order valence-electron chi connectivity index (χ3n) is 2.96. The van der Waals surface area contributed by atoms with Crippen molar-refractivity contribution in [1.29, 1.82) is 0 Å². The van der Waals surface area contributed by atoms with E-state index in [0.717, 1.165) is 24.9 Å². The Balaban J connectivity index is 1.92. The Hall–Kier alpha value is -0.800. The number of aliphatic hydroxyl groups is 1. The molecule has 1 unspecified atom stereocenters. The summed E-state index contributed by atoms with van der Waals surface area (Å²) in [6.07, 6.45) is 6.55. The highest BCUT2D eigenvalue weighted by atomic mass is 16.5. The lowest BCUT2D eigenvalue weighted by molar-refractivity contribution is -0.0216. The Bertz CT molecular complexity index is 330. The number of hydrogen-bond acceptors (Lipinski definition) is 2. The summed E-state index contributed by atoms with van der Waals surface area (Å²) in [6.45, 7) is 5.29. The van der Waals surface area contributed by atoms with Gasteiger partial charge in [0.05, 0.1) is 18.3 Å². The van der Waals surface area contributed by atoms with Gasteiger partial charge in [0.15, 0.2) is 0 Å². The minimum atomic E-state index is 0.0393. The van der Waals surface area contributed by atoms with Crippen LogP contribution in [0.4, 0.5) is 0 Å². The van der Waals surface area contributed by atoms with Crippen molar-refractivity contribution >= 4 is 0 Å². The van der Waals surface area contributed by atoms with Gasteiger partial charge in [-0.1, -0.05) is 0 Å². The number of ether oxygens (including phenoxy) is 1. The van der Waals surface area contributed by atoms with Crippen molar-refractivity contribution in [2.24, 2.45) is 0 Å². The van der Waals surface area contributed by atoms with Crippen molar-refractivity contribution in [3.05, 3.63) is 24.0 Å². The van der Waals surface area contributed by atoms with Crippen LogP contribution in [0.5, 0.6) is 0 Å². The van der Waals surface area contributed by atoms with Gasteiger partial charge in [0.25, 0.3) is 0 Å². The van der Waals surface area contributed by atoms with Crippen LogP contribution in [0.2, 0.25) is 0 Å². The zero-order valence-corrected chi connectivity index (χ0v) is 9.44. The Kier molecular flexibility index (Phi) is 2.85. The monoisotopic (exact) mass is 209 g/mol. The first kappa shape index (κ1) is 10.7. The van der Waals surface area contributed by atoms with Gasteiger partial charge >= 0.3 is 0 Å². The summed E-state index contributed by atoms with van der Waals surface area (Å²) in [5.74, 6) is 0. The van der Waals surface area contributed by atoms with E-state index < -0.39 is 0 Å². The summed E-state index contributed by atoms with van der Waals surface area (Å²) in [7, 11) is 0. The Morgan fingerprint density at radius 1 is 1.60 bits per heavy atom. The van der Waals surface area contributed by atoms with E-state index in [1.54, 1.807) is 0 Å². The molecule has 0 saturated carbocycles. The minimum Gasteiger partial charge on any atom is -0.392 e. The average molecular weight is 209 g/mol. The predicted molar refractivity (Wildman–Crippen MR) is 58.5 cm³/mol. The van der Waals surface area contributed by atoms with Crippen LogP contribution in [0.25, 0.3) is 0 Å². The lowest BCUT2D eigenvalue weighted by atomic mass is 10.1. The maximum atomic E-state index is 8.95. The van der Waals surface area contributed by atoms with Crippen LogP contribution in [-0.2, 0) is 17.9 Å². The molecule has 1 fully saturated rings. The molecule has 2 heterocycles. The topological polar surface area (TPSA) is 34.4 Å². The highest BCUT2D eigenvalue weighted by Gasteiger charge is 2.31. The summed E-state index contributed by atoms with van der Waals surface area (Å²) in [6, 6.07) is 1.94. The predicted octanol–water partition coefficient (Wildman–Crippen LogP) is 1.94. The molecule has 1 aliphatic heterocycles. The van der Waals surface area contributed by atoms with Gasteiger partial charge in [-0.2, -0.15) is 0 Å². The number of hydrogen-bond donors (Lipinski definition) is 1. The molecule has 84 valence electrons. The van der Waals surface area contributed by atoms with Crippen LogP contribution in [0.3, 0.4) is 0 Å². The highest BCUT2D eigenvalue weighted by molar-refractivity contribution is 5.08. The van der Waals surface area contributed by atoms with Gasteiger partial charge in [0, 0.05) is 18.9 Å². The van der Waals surface area contributed by atoms with E-state index in [-0.39, 0.29) is 12.2 Å². The van der Waals surface area contributed by atoms with Crippen molar-refractivity contribution in [1.82, 2.24) is 4.57 Å². The first-order valence-electron chi connectivity index (χ1n) is 5.52. The molecule has 1 N–H and O–H groups in total. The second-order valence-corrected chi connectivity index (χ2v) is 4.91. The number of aliphatic hydroxyl groups excluding tert-OH is 1. The molecule has 15 heavy (non-hydrogen) atoms. The van der Waals surface area contributed by atoms with Gasteiger partial charge in [0.1, 0.15) is 0 Å². The third kappa shape index (κ3) is 2.61. The Morgan fingerprint density at radius 2 is 2.40 bits per heavy atom. The maximum absolute atomic E-state index is 8.95. The molecular formula is C12H19NO2. The van der Waals surface area contributed by atoms with E-state index in [1.807, 2.05) is 18.5 Å². The van der Waals surface area contributed by atoms with Gasteiger partial charge < -0.3 is 14.4 Å². The zero-order chi connectivity index (χ0) is 10.9. The van der Waals surface area contributed by atoms with Crippen molar-refractivity contribution in [2.75, 3.05) is 0 Å². The molecule has 0 radical (unpaired) electrons. The van der Waals surface area contributed by atoms with E-state index in [9.17, 15) is 0 Å². The maximum Gasteiger partial charge on any atom is 0.0762 e. The molecule has 3 nitrogen and oxygen atoms in total. The van der Waals surface area contributed by atoms with E-state index in [0.29, 0.717) is 6.10 Å². The molecular weight excluding hydrogens is 190 g/mol. The van der Waals surface area contributed by atoms with Crippen LogP contribution in [0, 0.1) is 0 Å². The van der Waals surface area contributed by atoms with E-state index in [2.05, 4.69) is 18.4 Å². The lowest BCUT2D eigenvalue weighted by Crippen LogP contribution is -2.22. The lowest BCUT2D eigenvalue weighted by Gasteiger charge is -2.19. The largest absolute Gasteiger partial charge is 0.392 e. The van der Waals surface area contributed by atoms with Gasteiger partial charge in [-0.15, -0.1) is 0 Å². The first-order valence-corrected chi connectivity index (χ1v) is 5.52. The number of rotatable bonds is 3. The summed E-state index contributed by atoms with van der Waals surface area (Å²) in [5.41, 5.74) is 1.00. The Morgan fingerprint density at radius 3 is 2.93 bits per heavy atom. The first-order chi connectivity index (χ1) is 7.09. The molecule has 0 amide bonds. The normalized spacial score (nSPS) is 24.6. The molecule has 0 aliphatic carbocycles. The standard InChI is InChI=1S/C12H19NO2/c1-12(2)5-3-11(15-12)8-13-6-4-10(7-13)9-14/h4,6-7,11,14H,3,5,8-9H2,1-2H3. The second kappa shape index (κ2) is 3.99. The number of nitrogens with zero attached hydrogens (tertiary/aromatic N) is 1. The summed E-state index contributed by atoms with van der Waals surface area (Å²) in [5, 5.41) is 8.95. The van der Waals surface area contributed by atoms with Crippen molar-refractivity contribution in [2.45, 2.75) is 51.5 Å². The molecule has 0 aromatic carbocycles. The van der Waals surface area contributed by atoms with Crippen molar-refractivity contribution in [3.63, 3.8) is 0 Å². The van der Waals surface area contributed by atoms with Crippen LogP contribution in [-0.4, -0.2) is 21.4 Å². The van der Waals surface area contributed by atoms with Crippen LogP contribution in [0.1, 0.15) is 32.3 Å². The molecule has 0 spiro atoms. The zero-order valence-electron chi connectivity index (χ0n) is 9.44. The fraction of sp³-hybridized carbons (Fsp3) is 0.667. The molecule has 3 heteroatoms. The summed E-state index contributed by atoms with van der Waals surface area (Å²) in [4.78, 5) is 0. The number of aromatic nitrogens is 1. The van der Waals surface area contributed by atoms with E-state index in [4.69, 9.17) is 9.84 Å². The van der Waals surface area contributed by atoms with E-state index >= 15 is 0 Å². The molecule has 1 aliphatic rings. The fourth-order valence-electron chi connectivity index (χ4n) is 2.14. The van der Waals surface area contributed by atoms with Crippen LogP contribution in [0.15, 0.2) is 18.5 Å². The van der Waals surface area contributed by atoms with Crippen molar-refractivity contribution in [3.8, 4) is 0 Å². The van der Waals surface area contributed by atoms with E-state index in [1.165, 1.54) is 0 Å². The summed E-state index contributed by atoms with van der Waals surface area (Å²) < 4.78 is 8.01. The molecule has 0 bridgehead atoms. The third-order valence-corrected chi connectivity index (χ3v) is 2.96. The van der Waals surface area contributed by atoms with Crippen molar-refractivity contribution < 1.29 is 9.84 Å². The summed E-state index contributed by atoms with van der Waals surface area (Å²) >= 11 is 0. The van der Waals surface area contributed by atoms with Crippen LogP contribution < -0.4 is 0 Å². The molecule has 1 aromatic heterocycles. The fourth-order valence-corrected chi connectivity index (χ4v) is 2.14. The highest BCUT2D eigenvalue weighted by Crippen LogP contribution is 2.30. The van der Waals surface area contributed by atoms with Gasteiger partial charge in [-0.3, -0.25) is 0 Å². The quantitative estimate of drug-likeness (QED) is 0.825. The minimum absolute atomic E-state index is 0.0393. The second-order valence-electron chi connectivity index (χ2n) is 4.91. The van der Waals surface area contributed by atoms with Gasteiger partial charge in [0.2, 0.25) is 0 Å². The molecule has 1 saturated heterocycles. The van der Waals surface area contributed by atoms with Gasteiger partial charge in [-0.25, -0.2) is 0 Å². The molecule has 2 rings (SSSR count). The van der Waals surface area contributed by atoms with Gasteiger partial charge in [-0.05, 0) is 38.3 Å². The van der Waals surface area contributed by atoms with Crippen LogP contribution >= 0.6 is 0 Å². The average Bonchev–Trinajstić information content (AvgIpc) is 2.73. The molecule has 1 atom stereocenters. The Labute approximate surface area is 90.7 Å². The SMILES string of the molecule is CC1(C)CCC(Cn2ccc(CO)c2)O1.